The van der Waals surface area contributed by atoms with Gasteiger partial charge >= 0.3 is 0 Å². The van der Waals surface area contributed by atoms with Crippen molar-refractivity contribution < 1.29 is 14.3 Å². The Kier molecular flexibility index (Phi) is 5.71. The topological polar surface area (TPSA) is 53.4 Å². The van der Waals surface area contributed by atoms with Crippen LogP contribution in [-0.2, 0) is 0 Å². The lowest BCUT2D eigenvalue weighted by molar-refractivity contribution is 0.0616. The highest BCUT2D eigenvalue weighted by Crippen LogP contribution is 2.14. The summed E-state index contributed by atoms with van der Waals surface area (Å²) in [6, 6.07) is 2.95. The van der Waals surface area contributed by atoms with Crippen molar-refractivity contribution in [3.63, 3.8) is 0 Å². The molecule has 0 bridgehead atoms. The summed E-state index contributed by atoms with van der Waals surface area (Å²) in [7, 11) is 0. The number of aromatic nitrogens is 1. The van der Waals surface area contributed by atoms with Crippen LogP contribution in [0.15, 0.2) is 18.3 Å². The Hall–Kier alpha value is -1.49. The maximum absolute atomic E-state index is 13.5. The van der Waals surface area contributed by atoms with Crippen LogP contribution >= 0.6 is 0 Å². The Bertz CT molecular complexity index is 394. The van der Waals surface area contributed by atoms with Gasteiger partial charge in [-0.25, -0.2) is 4.98 Å². The molecule has 1 rings (SSSR count). The molecule has 1 aromatic rings. The van der Waals surface area contributed by atoms with E-state index in [0.717, 1.165) is 12.8 Å². The van der Waals surface area contributed by atoms with Gasteiger partial charge in [-0.1, -0.05) is 13.8 Å². The van der Waals surface area contributed by atoms with Gasteiger partial charge in [-0.05, 0) is 25.0 Å². The van der Waals surface area contributed by atoms with Gasteiger partial charge in [0.15, 0.2) is 0 Å². The second-order valence-electron chi connectivity index (χ2n) is 4.03. The van der Waals surface area contributed by atoms with Gasteiger partial charge in [-0.15, -0.1) is 0 Å². The van der Waals surface area contributed by atoms with E-state index < -0.39 is 11.9 Å². The third-order valence-electron chi connectivity index (χ3n) is 2.97. The van der Waals surface area contributed by atoms with Crippen LogP contribution in [0.5, 0.6) is 0 Å². The lowest BCUT2D eigenvalue weighted by atomic mass is 10.1. The molecule has 0 fully saturated rings. The Morgan fingerprint density at radius 3 is 2.67 bits per heavy atom. The first-order valence-corrected chi connectivity index (χ1v) is 6.18. The fourth-order valence-electron chi connectivity index (χ4n) is 1.99. The number of amides is 1. The predicted octanol–water partition coefficient (Wildman–Crippen LogP) is 1.84. The van der Waals surface area contributed by atoms with E-state index in [2.05, 4.69) is 4.98 Å². The highest BCUT2D eigenvalue weighted by Gasteiger charge is 2.24. The number of nitrogens with zero attached hydrogens (tertiary/aromatic N) is 2. The largest absolute Gasteiger partial charge is 0.395 e. The molecule has 1 N–H and O–H groups in total. The Morgan fingerprint density at radius 1 is 1.50 bits per heavy atom. The van der Waals surface area contributed by atoms with Crippen molar-refractivity contribution in [1.82, 2.24) is 9.88 Å². The maximum atomic E-state index is 13.5. The molecule has 0 radical (unpaired) electrons. The van der Waals surface area contributed by atoms with Gasteiger partial charge in [0.05, 0.1) is 12.2 Å². The van der Waals surface area contributed by atoms with Crippen molar-refractivity contribution in [2.75, 3.05) is 13.2 Å². The van der Waals surface area contributed by atoms with E-state index in [1.807, 2.05) is 13.8 Å². The van der Waals surface area contributed by atoms with E-state index in [4.69, 9.17) is 5.11 Å². The minimum Gasteiger partial charge on any atom is -0.395 e. The summed E-state index contributed by atoms with van der Waals surface area (Å²) in [4.78, 5) is 17.2. The number of aliphatic hydroxyl groups excluding tert-OH is 1. The zero-order valence-corrected chi connectivity index (χ0v) is 10.8. The van der Waals surface area contributed by atoms with Gasteiger partial charge in [0.2, 0.25) is 5.95 Å². The van der Waals surface area contributed by atoms with Crippen molar-refractivity contribution in [3.8, 4) is 0 Å². The maximum Gasteiger partial charge on any atom is 0.258 e. The van der Waals surface area contributed by atoms with Crippen molar-refractivity contribution in [3.05, 3.63) is 29.8 Å². The van der Waals surface area contributed by atoms with E-state index >= 15 is 0 Å². The van der Waals surface area contributed by atoms with E-state index in [1.54, 1.807) is 0 Å². The molecule has 5 heteroatoms. The molecule has 0 aromatic carbocycles. The molecule has 0 unspecified atom stereocenters. The van der Waals surface area contributed by atoms with Gasteiger partial charge in [0, 0.05) is 18.8 Å². The highest BCUT2D eigenvalue weighted by molar-refractivity contribution is 5.94. The van der Waals surface area contributed by atoms with Gasteiger partial charge in [-0.2, -0.15) is 4.39 Å². The Labute approximate surface area is 106 Å². The summed E-state index contributed by atoms with van der Waals surface area (Å²) in [5.41, 5.74) is -0.0437. The number of hydrogen-bond donors (Lipinski definition) is 1. The van der Waals surface area contributed by atoms with Crippen LogP contribution in [0.3, 0.4) is 0 Å². The first-order chi connectivity index (χ1) is 8.65. The van der Waals surface area contributed by atoms with Gasteiger partial charge in [0.1, 0.15) is 0 Å². The average molecular weight is 254 g/mol. The van der Waals surface area contributed by atoms with Crippen LogP contribution < -0.4 is 0 Å². The number of carbonyl (C=O) groups excluding carboxylic acids is 1. The van der Waals surface area contributed by atoms with Crippen molar-refractivity contribution in [2.45, 2.75) is 32.7 Å². The number of pyridine rings is 1. The first kappa shape index (κ1) is 14.6. The molecule has 0 aliphatic carbocycles. The summed E-state index contributed by atoms with van der Waals surface area (Å²) in [5.74, 6) is -1.18. The summed E-state index contributed by atoms with van der Waals surface area (Å²) in [6.45, 7) is 4.00. The molecule has 1 amide bonds. The van der Waals surface area contributed by atoms with Crippen molar-refractivity contribution in [1.29, 1.82) is 0 Å². The molecule has 1 aromatic heterocycles. The van der Waals surface area contributed by atoms with E-state index in [9.17, 15) is 9.18 Å². The summed E-state index contributed by atoms with van der Waals surface area (Å²) in [5, 5.41) is 9.04. The summed E-state index contributed by atoms with van der Waals surface area (Å²) in [6.07, 6.45) is 2.84. The summed E-state index contributed by atoms with van der Waals surface area (Å²) >= 11 is 0. The van der Waals surface area contributed by atoms with Crippen LogP contribution in [0.2, 0.25) is 0 Å². The molecule has 0 spiro atoms. The zero-order chi connectivity index (χ0) is 13.5. The fourth-order valence-corrected chi connectivity index (χ4v) is 1.99. The monoisotopic (exact) mass is 254 g/mol. The standard InChI is InChI=1S/C13H19FN2O2/c1-3-10(4-2)16(8-9-17)13(18)11-6-5-7-15-12(11)14/h5-7,10,17H,3-4,8-9H2,1-2H3. The molecule has 18 heavy (non-hydrogen) atoms. The molecule has 4 nitrogen and oxygen atoms in total. The number of halogens is 1. The SMILES string of the molecule is CCC(CC)N(CCO)C(=O)c1cccnc1F. The van der Waals surface area contributed by atoms with Gasteiger partial charge in [-0.3, -0.25) is 4.79 Å². The van der Waals surface area contributed by atoms with Crippen molar-refractivity contribution in [2.24, 2.45) is 0 Å². The first-order valence-electron chi connectivity index (χ1n) is 6.18. The van der Waals surface area contributed by atoms with Crippen molar-refractivity contribution >= 4 is 5.91 Å². The second-order valence-corrected chi connectivity index (χ2v) is 4.03. The predicted molar refractivity (Wildman–Crippen MR) is 66.7 cm³/mol. The van der Waals surface area contributed by atoms with Gasteiger partial charge in [0.25, 0.3) is 5.91 Å². The molecule has 0 atom stereocenters. The fraction of sp³-hybridized carbons (Fsp3) is 0.538. The van der Waals surface area contributed by atoms with Crippen LogP contribution in [0.25, 0.3) is 0 Å². The lowest BCUT2D eigenvalue weighted by Crippen LogP contribution is -2.42. The number of rotatable bonds is 6. The van der Waals surface area contributed by atoms with Crippen LogP contribution in [0.4, 0.5) is 4.39 Å². The van der Waals surface area contributed by atoms with E-state index in [1.165, 1.54) is 23.2 Å². The second kappa shape index (κ2) is 7.06. The average Bonchev–Trinajstić information content (AvgIpc) is 2.39. The van der Waals surface area contributed by atoms with Crippen LogP contribution in [0.1, 0.15) is 37.0 Å². The quantitative estimate of drug-likeness (QED) is 0.788. The van der Waals surface area contributed by atoms with Crippen LogP contribution in [0, 0.1) is 5.95 Å². The molecule has 0 aliphatic heterocycles. The Balaban J connectivity index is 2.99. The van der Waals surface area contributed by atoms with E-state index in [0.29, 0.717) is 0 Å². The minimum absolute atomic E-state index is 0.00394. The molecule has 1 heterocycles. The lowest BCUT2D eigenvalue weighted by Gasteiger charge is -2.30. The highest BCUT2D eigenvalue weighted by atomic mass is 19.1. The third kappa shape index (κ3) is 3.26. The molecular formula is C13H19FN2O2. The Morgan fingerprint density at radius 2 is 2.17 bits per heavy atom. The normalized spacial score (nSPS) is 10.7. The zero-order valence-electron chi connectivity index (χ0n) is 10.8. The molecule has 100 valence electrons. The summed E-state index contributed by atoms with van der Waals surface area (Å²) < 4.78 is 13.5. The smallest absolute Gasteiger partial charge is 0.258 e. The number of aliphatic hydroxyl groups is 1. The number of carbonyl (C=O) groups is 1. The van der Waals surface area contributed by atoms with E-state index in [-0.39, 0.29) is 24.8 Å². The molecule has 0 saturated carbocycles. The minimum atomic E-state index is -0.767. The molecule has 0 aliphatic rings. The number of hydrogen-bond acceptors (Lipinski definition) is 3. The molecular weight excluding hydrogens is 235 g/mol. The van der Waals surface area contributed by atoms with Crippen LogP contribution in [-0.4, -0.2) is 40.1 Å². The molecule has 0 saturated heterocycles. The third-order valence-corrected chi connectivity index (χ3v) is 2.97. The van der Waals surface area contributed by atoms with Gasteiger partial charge < -0.3 is 10.0 Å².